The molecule has 1 aliphatic carbocycles. The molecule has 0 radical (unpaired) electrons. The summed E-state index contributed by atoms with van der Waals surface area (Å²) in [5.74, 6) is 0.285. The molecule has 20 heavy (non-hydrogen) atoms. The minimum atomic E-state index is -0.0503. The van der Waals surface area contributed by atoms with Crippen LogP contribution in [0.5, 0.6) is 0 Å². The molecule has 2 fully saturated rings. The van der Waals surface area contributed by atoms with Crippen molar-refractivity contribution in [3.05, 3.63) is 21.9 Å². The highest BCUT2D eigenvalue weighted by atomic mass is 32.1. The van der Waals surface area contributed by atoms with Gasteiger partial charge in [-0.05, 0) is 38.8 Å². The fourth-order valence-electron chi connectivity index (χ4n) is 3.49. The van der Waals surface area contributed by atoms with Crippen LogP contribution in [0.15, 0.2) is 12.1 Å². The molecule has 2 unspecified atom stereocenters. The van der Waals surface area contributed by atoms with Crippen molar-refractivity contribution >= 4 is 17.2 Å². The highest BCUT2D eigenvalue weighted by Gasteiger charge is 2.41. The smallest absolute Gasteiger partial charge is 0.241 e. The van der Waals surface area contributed by atoms with E-state index in [1.54, 1.807) is 11.3 Å². The first kappa shape index (κ1) is 14.1. The van der Waals surface area contributed by atoms with E-state index in [2.05, 4.69) is 29.3 Å². The Bertz CT molecular complexity index is 477. The molecule has 1 saturated carbocycles. The first-order chi connectivity index (χ1) is 9.66. The van der Waals surface area contributed by atoms with Crippen molar-refractivity contribution in [1.29, 1.82) is 0 Å². The Balaban J connectivity index is 1.85. The fraction of sp³-hybridized carbons (Fsp3) is 0.688. The Kier molecular flexibility index (Phi) is 4.13. The molecule has 1 saturated heterocycles. The third-order valence-corrected chi connectivity index (χ3v) is 5.61. The average Bonchev–Trinajstić information content (AvgIpc) is 2.85. The second-order valence-corrected chi connectivity index (χ2v) is 7.45. The Hall–Kier alpha value is -0.870. The first-order valence-electron chi connectivity index (χ1n) is 7.81. The van der Waals surface area contributed by atoms with Crippen molar-refractivity contribution in [2.75, 3.05) is 0 Å². The summed E-state index contributed by atoms with van der Waals surface area (Å²) in [7, 11) is 0. The minimum Gasteiger partial charge on any atom is -0.318 e. The molecule has 0 bridgehead atoms. The lowest BCUT2D eigenvalue weighted by atomic mass is 10.1. The summed E-state index contributed by atoms with van der Waals surface area (Å²) in [4.78, 5) is 17.3. The molecule has 1 aromatic rings. The van der Waals surface area contributed by atoms with Gasteiger partial charge in [0.05, 0.1) is 6.04 Å². The van der Waals surface area contributed by atoms with Crippen LogP contribution < -0.4 is 5.32 Å². The Morgan fingerprint density at radius 3 is 2.50 bits per heavy atom. The number of amides is 1. The predicted molar refractivity (Wildman–Crippen MR) is 82.7 cm³/mol. The zero-order valence-electron chi connectivity index (χ0n) is 12.4. The van der Waals surface area contributed by atoms with Gasteiger partial charge in [0.25, 0.3) is 0 Å². The van der Waals surface area contributed by atoms with Gasteiger partial charge in [-0.2, -0.15) is 0 Å². The SMILES string of the molecule is Cc1ccc(C2NC(C)C(=O)N2C2CCCCCC2)s1. The largest absolute Gasteiger partial charge is 0.318 e. The van der Waals surface area contributed by atoms with Crippen LogP contribution in [0.2, 0.25) is 0 Å². The van der Waals surface area contributed by atoms with Gasteiger partial charge in [-0.25, -0.2) is 0 Å². The Labute approximate surface area is 125 Å². The lowest BCUT2D eigenvalue weighted by Crippen LogP contribution is -2.39. The second kappa shape index (κ2) is 5.86. The lowest BCUT2D eigenvalue weighted by molar-refractivity contribution is -0.132. The fourth-order valence-corrected chi connectivity index (χ4v) is 4.42. The van der Waals surface area contributed by atoms with Crippen LogP contribution in [0.4, 0.5) is 0 Å². The van der Waals surface area contributed by atoms with Crippen molar-refractivity contribution < 1.29 is 4.79 Å². The zero-order valence-corrected chi connectivity index (χ0v) is 13.2. The van der Waals surface area contributed by atoms with Gasteiger partial charge in [-0.15, -0.1) is 11.3 Å². The number of hydrogen-bond acceptors (Lipinski definition) is 3. The van der Waals surface area contributed by atoms with Gasteiger partial charge in [0.1, 0.15) is 6.17 Å². The molecule has 1 aromatic heterocycles. The molecule has 3 rings (SSSR count). The quantitative estimate of drug-likeness (QED) is 0.845. The molecular weight excluding hydrogens is 268 g/mol. The summed E-state index contributed by atoms with van der Waals surface area (Å²) in [5, 5.41) is 3.49. The molecule has 2 atom stereocenters. The highest BCUT2D eigenvalue weighted by Crippen LogP contribution is 2.35. The number of hydrogen-bond donors (Lipinski definition) is 1. The third-order valence-electron chi connectivity index (χ3n) is 4.56. The Morgan fingerprint density at radius 2 is 1.90 bits per heavy atom. The number of nitrogens with zero attached hydrogens (tertiary/aromatic N) is 1. The number of rotatable bonds is 2. The van der Waals surface area contributed by atoms with Gasteiger partial charge in [-0.3, -0.25) is 10.1 Å². The second-order valence-electron chi connectivity index (χ2n) is 6.13. The van der Waals surface area contributed by atoms with Crippen LogP contribution in [0.1, 0.15) is 61.4 Å². The average molecular weight is 292 g/mol. The maximum atomic E-state index is 12.6. The summed E-state index contributed by atoms with van der Waals surface area (Å²) in [6.07, 6.45) is 7.61. The van der Waals surface area contributed by atoms with Crippen LogP contribution in [-0.2, 0) is 4.79 Å². The van der Waals surface area contributed by atoms with Gasteiger partial charge >= 0.3 is 0 Å². The standard InChI is InChI=1S/C16H24N2OS/c1-11-9-10-14(20-11)15-17-12(2)16(19)18(15)13-7-5-3-4-6-8-13/h9-10,12-13,15,17H,3-8H2,1-2H3. The van der Waals surface area contributed by atoms with E-state index in [1.807, 2.05) is 6.92 Å². The monoisotopic (exact) mass is 292 g/mol. The number of aryl methyl sites for hydroxylation is 1. The van der Waals surface area contributed by atoms with E-state index in [4.69, 9.17) is 0 Å². The number of nitrogens with one attached hydrogen (secondary N) is 1. The van der Waals surface area contributed by atoms with E-state index in [1.165, 1.54) is 48.3 Å². The zero-order chi connectivity index (χ0) is 14.1. The molecule has 4 heteroatoms. The van der Waals surface area contributed by atoms with Crippen molar-refractivity contribution in [3.8, 4) is 0 Å². The molecule has 1 amide bonds. The summed E-state index contributed by atoms with van der Waals surface area (Å²) in [6, 6.07) is 4.70. The van der Waals surface area contributed by atoms with E-state index in [0.29, 0.717) is 6.04 Å². The molecule has 3 nitrogen and oxygen atoms in total. The molecule has 0 spiro atoms. The van der Waals surface area contributed by atoms with Gasteiger partial charge in [0, 0.05) is 15.8 Å². The van der Waals surface area contributed by atoms with Gasteiger partial charge in [0.2, 0.25) is 5.91 Å². The molecule has 2 heterocycles. The van der Waals surface area contributed by atoms with E-state index < -0.39 is 0 Å². The maximum absolute atomic E-state index is 12.6. The van der Waals surface area contributed by atoms with Gasteiger partial charge < -0.3 is 4.90 Å². The molecule has 110 valence electrons. The first-order valence-corrected chi connectivity index (χ1v) is 8.63. The van der Waals surface area contributed by atoms with Crippen LogP contribution in [-0.4, -0.2) is 22.9 Å². The molecule has 0 aromatic carbocycles. The van der Waals surface area contributed by atoms with Gasteiger partial charge in [-0.1, -0.05) is 25.7 Å². The van der Waals surface area contributed by atoms with Crippen molar-refractivity contribution in [3.63, 3.8) is 0 Å². The maximum Gasteiger partial charge on any atom is 0.241 e. The molecule has 2 aliphatic rings. The van der Waals surface area contributed by atoms with Crippen molar-refractivity contribution in [2.24, 2.45) is 0 Å². The number of thiophene rings is 1. The lowest BCUT2D eigenvalue weighted by Gasteiger charge is -2.31. The van der Waals surface area contributed by atoms with E-state index in [-0.39, 0.29) is 18.1 Å². The molecule has 1 aliphatic heterocycles. The summed E-state index contributed by atoms with van der Waals surface area (Å²) >= 11 is 1.81. The van der Waals surface area contributed by atoms with E-state index in [0.717, 1.165) is 0 Å². The summed E-state index contributed by atoms with van der Waals surface area (Å²) < 4.78 is 0. The number of carbonyl (C=O) groups is 1. The normalized spacial score (nSPS) is 28.9. The van der Waals surface area contributed by atoms with Crippen molar-refractivity contribution in [2.45, 2.75) is 70.6 Å². The summed E-state index contributed by atoms with van der Waals surface area (Å²) in [6.45, 7) is 4.12. The van der Waals surface area contributed by atoms with Crippen LogP contribution in [0, 0.1) is 6.92 Å². The molecule has 1 N–H and O–H groups in total. The topological polar surface area (TPSA) is 32.3 Å². The Morgan fingerprint density at radius 1 is 1.20 bits per heavy atom. The van der Waals surface area contributed by atoms with E-state index in [9.17, 15) is 4.79 Å². The minimum absolute atomic E-state index is 0.0503. The predicted octanol–water partition coefficient (Wildman–Crippen LogP) is 3.60. The van der Waals surface area contributed by atoms with Crippen LogP contribution in [0.25, 0.3) is 0 Å². The summed E-state index contributed by atoms with van der Waals surface area (Å²) in [5.41, 5.74) is 0. The molecular formula is C16H24N2OS. The van der Waals surface area contributed by atoms with Gasteiger partial charge in [0.15, 0.2) is 0 Å². The number of carbonyl (C=O) groups excluding carboxylic acids is 1. The van der Waals surface area contributed by atoms with Crippen molar-refractivity contribution in [1.82, 2.24) is 10.2 Å². The highest BCUT2D eigenvalue weighted by molar-refractivity contribution is 7.12. The van der Waals surface area contributed by atoms with Crippen LogP contribution in [0.3, 0.4) is 0 Å². The van der Waals surface area contributed by atoms with Crippen LogP contribution >= 0.6 is 11.3 Å². The third kappa shape index (κ3) is 2.63. The van der Waals surface area contributed by atoms with E-state index >= 15 is 0 Å².